The Hall–Kier alpha value is -2.53. The first-order valence-corrected chi connectivity index (χ1v) is 11.1. The van der Waals surface area contributed by atoms with Gasteiger partial charge in [-0.05, 0) is 19.1 Å². The summed E-state index contributed by atoms with van der Waals surface area (Å²) >= 11 is 11.9. The Morgan fingerprint density at radius 1 is 1.16 bits per heavy atom. The highest BCUT2D eigenvalue weighted by Crippen LogP contribution is 2.40. The van der Waals surface area contributed by atoms with E-state index in [0.717, 1.165) is 6.07 Å². The van der Waals surface area contributed by atoms with Gasteiger partial charge in [-0.3, -0.25) is 4.79 Å². The zero-order chi connectivity index (χ0) is 22.8. The Bertz CT molecular complexity index is 1120. The number of fused-ring (bicyclic) bond motifs is 1. The van der Waals surface area contributed by atoms with Gasteiger partial charge in [-0.1, -0.05) is 29.3 Å². The molecular formula is C19H17Cl2NO8S. The van der Waals surface area contributed by atoms with E-state index in [0.29, 0.717) is 4.31 Å². The van der Waals surface area contributed by atoms with Crippen LogP contribution in [-0.4, -0.2) is 56.3 Å². The summed E-state index contributed by atoms with van der Waals surface area (Å²) < 4.78 is 42.0. The number of amides is 1. The lowest BCUT2D eigenvalue weighted by Crippen LogP contribution is -2.33. The molecule has 12 heteroatoms. The second-order valence-corrected chi connectivity index (χ2v) is 8.76. The highest BCUT2D eigenvalue weighted by atomic mass is 35.5. The van der Waals surface area contributed by atoms with Gasteiger partial charge in [0.1, 0.15) is 28.6 Å². The van der Waals surface area contributed by atoms with Crippen molar-refractivity contribution in [2.75, 3.05) is 26.6 Å². The topological polar surface area (TPSA) is 119 Å². The molecule has 0 fully saturated rings. The van der Waals surface area contributed by atoms with E-state index in [1.807, 2.05) is 0 Å². The number of sulfonamides is 1. The summed E-state index contributed by atoms with van der Waals surface area (Å²) in [5.41, 5.74) is -0.355. The van der Waals surface area contributed by atoms with Gasteiger partial charge in [0.05, 0.1) is 28.8 Å². The third-order valence-corrected chi connectivity index (χ3v) is 6.55. The Balaban J connectivity index is 1.91. The number of rotatable bonds is 8. The van der Waals surface area contributed by atoms with Crippen LogP contribution in [0.1, 0.15) is 27.6 Å². The Morgan fingerprint density at radius 3 is 2.45 bits per heavy atom. The second kappa shape index (κ2) is 9.31. The molecule has 0 aliphatic carbocycles. The van der Waals surface area contributed by atoms with E-state index >= 15 is 0 Å². The van der Waals surface area contributed by atoms with Crippen molar-refractivity contribution in [3.05, 3.63) is 51.5 Å². The van der Waals surface area contributed by atoms with Gasteiger partial charge in [-0.15, -0.1) is 0 Å². The van der Waals surface area contributed by atoms with E-state index in [4.69, 9.17) is 42.5 Å². The molecule has 0 radical (unpaired) electrons. The number of benzene rings is 2. The first kappa shape index (κ1) is 23.1. The number of nitrogens with zero attached hydrogens (tertiary/aromatic N) is 1. The smallest absolute Gasteiger partial charge is 0.342 e. The molecule has 9 nitrogen and oxygen atoms in total. The van der Waals surface area contributed by atoms with Gasteiger partial charge >= 0.3 is 5.97 Å². The van der Waals surface area contributed by atoms with Crippen LogP contribution in [0.4, 0.5) is 0 Å². The quantitative estimate of drug-likeness (QED) is 0.561. The van der Waals surface area contributed by atoms with Crippen LogP contribution in [0.25, 0.3) is 0 Å². The molecule has 0 unspecified atom stereocenters. The predicted molar refractivity (Wildman–Crippen MR) is 110 cm³/mol. The minimum Gasteiger partial charge on any atom is -0.493 e. The van der Waals surface area contributed by atoms with Crippen molar-refractivity contribution in [3.63, 3.8) is 0 Å². The van der Waals surface area contributed by atoms with E-state index < -0.39 is 28.6 Å². The number of hydrogen-bond donors (Lipinski definition) is 1. The predicted octanol–water partition coefficient (Wildman–Crippen LogP) is 2.72. The lowest BCUT2D eigenvalue weighted by molar-refractivity contribution is 0.0358. The summed E-state index contributed by atoms with van der Waals surface area (Å²) in [4.78, 5) is 24.9. The van der Waals surface area contributed by atoms with Gasteiger partial charge < -0.3 is 19.3 Å². The van der Waals surface area contributed by atoms with Crippen LogP contribution in [0.5, 0.6) is 11.5 Å². The molecule has 0 saturated carbocycles. The van der Waals surface area contributed by atoms with Crippen molar-refractivity contribution in [2.45, 2.75) is 11.8 Å². The molecule has 1 aliphatic heterocycles. The lowest BCUT2D eigenvalue weighted by Gasteiger charge is -2.15. The summed E-state index contributed by atoms with van der Waals surface area (Å²) in [6, 6.07) is 6.86. The fourth-order valence-electron chi connectivity index (χ4n) is 2.86. The Labute approximate surface area is 188 Å². The number of carbonyl (C=O) groups is 2. The minimum absolute atomic E-state index is 0.00973. The highest BCUT2D eigenvalue weighted by molar-refractivity contribution is 7.90. The third-order valence-electron chi connectivity index (χ3n) is 4.19. The first-order valence-electron chi connectivity index (χ1n) is 8.95. The number of esters is 1. The molecule has 3 rings (SSSR count). The molecule has 0 spiro atoms. The van der Waals surface area contributed by atoms with Gasteiger partial charge in [-0.2, -0.15) is 4.31 Å². The third kappa shape index (κ3) is 4.42. The van der Waals surface area contributed by atoms with Crippen LogP contribution in [0.2, 0.25) is 10.0 Å². The maximum Gasteiger partial charge on any atom is 0.342 e. The van der Waals surface area contributed by atoms with E-state index in [1.165, 1.54) is 24.3 Å². The average Bonchev–Trinajstić information content (AvgIpc) is 2.90. The minimum atomic E-state index is -4.36. The molecule has 1 amide bonds. The number of carbonyl (C=O) groups excluding carboxylic acids is 2. The summed E-state index contributed by atoms with van der Waals surface area (Å²) in [6.07, 6.45) is 0. The number of aliphatic hydroxyl groups excluding tert-OH is 1. The lowest BCUT2D eigenvalue weighted by atomic mass is 10.1. The number of hydrogen-bond acceptors (Lipinski definition) is 8. The molecular weight excluding hydrogens is 473 g/mol. The van der Waals surface area contributed by atoms with Gasteiger partial charge in [0.25, 0.3) is 15.9 Å². The van der Waals surface area contributed by atoms with Crippen LogP contribution < -0.4 is 9.47 Å². The van der Waals surface area contributed by atoms with E-state index in [-0.39, 0.29) is 57.4 Å². The molecule has 166 valence electrons. The van der Waals surface area contributed by atoms with Crippen molar-refractivity contribution < 1.29 is 37.3 Å². The van der Waals surface area contributed by atoms with E-state index in [2.05, 4.69) is 0 Å². The second-order valence-electron chi connectivity index (χ2n) is 6.12. The van der Waals surface area contributed by atoms with E-state index in [9.17, 15) is 18.0 Å². The summed E-state index contributed by atoms with van der Waals surface area (Å²) in [7, 11) is -4.36. The summed E-state index contributed by atoms with van der Waals surface area (Å²) in [5, 5.41) is 8.96. The molecule has 1 heterocycles. The molecule has 0 aromatic heterocycles. The zero-order valence-corrected chi connectivity index (χ0v) is 18.5. The molecule has 31 heavy (non-hydrogen) atoms. The normalized spacial score (nSPS) is 14.3. The highest BCUT2D eigenvalue weighted by Gasteiger charge is 2.45. The van der Waals surface area contributed by atoms with Crippen LogP contribution in [-0.2, 0) is 14.8 Å². The molecule has 2 aromatic rings. The van der Waals surface area contributed by atoms with Crippen molar-refractivity contribution in [1.82, 2.24) is 4.31 Å². The van der Waals surface area contributed by atoms with Crippen LogP contribution in [0.15, 0.2) is 35.2 Å². The van der Waals surface area contributed by atoms with Gasteiger partial charge in [0.2, 0.25) is 0 Å². The monoisotopic (exact) mass is 489 g/mol. The molecule has 1 aliphatic rings. The zero-order valence-electron chi connectivity index (χ0n) is 16.1. The average molecular weight is 490 g/mol. The largest absolute Gasteiger partial charge is 0.493 e. The molecule has 0 saturated heterocycles. The first-order chi connectivity index (χ1) is 14.7. The maximum absolute atomic E-state index is 13.0. The van der Waals surface area contributed by atoms with Gasteiger partial charge in [0.15, 0.2) is 6.73 Å². The summed E-state index contributed by atoms with van der Waals surface area (Å²) in [6.45, 7) is 0.546. The van der Waals surface area contributed by atoms with Crippen molar-refractivity contribution >= 4 is 45.1 Å². The van der Waals surface area contributed by atoms with Gasteiger partial charge in [0, 0.05) is 12.1 Å². The molecule has 0 atom stereocenters. The molecule has 0 bridgehead atoms. The van der Waals surface area contributed by atoms with Crippen molar-refractivity contribution in [3.8, 4) is 11.5 Å². The van der Waals surface area contributed by atoms with Crippen molar-refractivity contribution in [2.24, 2.45) is 0 Å². The standard InChI is InChI=1S/C19H17Cl2NO8S/c1-2-28-14-8-11(29-7-6-23)9-15-17(14)18(24)22(31(15,26)27)10-30-19(25)16-12(20)4-3-5-13(16)21/h3-5,8-9,23H,2,6-7,10H2,1H3. The Morgan fingerprint density at radius 2 is 1.84 bits per heavy atom. The SMILES string of the molecule is CCOc1cc(OCCO)cc2c1C(=O)N(COC(=O)c1c(Cl)cccc1Cl)S2(=O)=O. The van der Waals surface area contributed by atoms with Crippen LogP contribution >= 0.6 is 23.2 Å². The molecule has 2 aromatic carbocycles. The Kier molecular flexibility index (Phi) is 6.95. The molecule has 1 N–H and O–H groups in total. The number of ether oxygens (including phenoxy) is 3. The van der Waals surface area contributed by atoms with E-state index in [1.54, 1.807) is 6.92 Å². The fraction of sp³-hybridized carbons (Fsp3) is 0.263. The van der Waals surface area contributed by atoms with Gasteiger partial charge in [-0.25, -0.2) is 13.2 Å². The number of aliphatic hydroxyl groups is 1. The van der Waals surface area contributed by atoms with Crippen LogP contribution in [0.3, 0.4) is 0 Å². The maximum atomic E-state index is 13.0. The van der Waals surface area contributed by atoms with Crippen molar-refractivity contribution in [1.29, 1.82) is 0 Å². The number of halogens is 2. The van der Waals surface area contributed by atoms with Crippen LogP contribution in [0, 0.1) is 0 Å². The summed E-state index contributed by atoms with van der Waals surface area (Å²) in [5.74, 6) is -1.84. The fourth-order valence-corrected chi connectivity index (χ4v) is 4.86.